The summed E-state index contributed by atoms with van der Waals surface area (Å²) >= 11 is 0. The highest BCUT2D eigenvalue weighted by Crippen LogP contribution is 2.24. The molecule has 1 heterocycles. The Morgan fingerprint density at radius 1 is 0.950 bits per heavy atom. The lowest BCUT2D eigenvalue weighted by Gasteiger charge is -2.18. The predicted octanol–water partition coefficient (Wildman–Crippen LogP) is 5.73. The summed E-state index contributed by atoms with van der Waals surface area (Å²) in [6.07, 6.45) is 15.1. The normalized spacial score (nSPS) is 13.8. The third kappa shape index (κ3) is 5.19. The summed E-state index contributed by atoms with van der Waals surface area (Å²) in [5.74, 6) is 0. The van der Waals surface area contributed by atoms with Gasteiger partial charge in [0.15, 0.2) is 0 Å². The van der Waals surface area contributed by atoms with Crippen molar-refractivity contribution >= 4 is 5.69 Å². The van der Waals surface area contributed by atoms with Gasteiger partial charge in [-0.1, -0.05) is 64.0 Å². The van der Waals surface area contributed by atoms with E-state index in [0.717, 1.165) is 6.54 Å². The van der Waals surface area contributed by atoms with Gasteiger partial charge in [-0.15, -0.1) is 0 Å². The molecule has 1 aliphatic heterocycles. The van der Waals surface area contributed by atoms with E-state index in [9.17, 15) is 0 Å². The second-order valence-corrected chi connectivity index (χ2v) is 6.25. The monoisotopic (exact) mass is 273 g/mol. The van der Waals surface area contributed by atoms with Crippen LogP contribution in [0, 0.1) is 0 Å². The molecule has 0 saturated carbocycles. The summed E-state index contributed by atoms with van der Waals surface area (Å²) in [6.45, 7) is 3.43. The Labute approximate surface area is 125 Å². The molecule has 0 spiro atoms. The molecule has 0 amide bonds. The van der Waals surface area contributed by atoms with Crippen LogP contribution in [0.25, 0.3) is 0 Å². The van der Waals surface area contributed by atoms with E-state index in [1.54, 1.807) is 0 Å². The molecule has 0 aliphatic carbocycles. The Hall–Kier alpha value is -0.980. The zero-order valence-corrected chi connectivity index (χ0v) is 13.2. The molecule has 1 aromatic rings. The van der Waals surface area contributed by atoms with E-state index in [4.69, 9.17) is 0 Å². The van der Waals surface area contributed by atoms with Crippen molar-refractivity contribution in [3.8, 4) is 0 Å². The third-order valence-corrected chi connectivity index (χ3v) is 4.43. The molecule has 0 saturated heterocycles. The van der Waals surface area contributed by atoms with Gasteiger partial charge in [0.25, 0.3) is 0 Å². The molecule has 1 N–H and O–H groups in total. The van der Waals surface area contributed by atoms with E-state index in [2.05, 4.69) is 30.4 Å². The third-order valence-electron chi connectivity index (χ3n) is 4.43. The van der Waals surface area contributed by atoms with E-state index >= 15 is 0 Å². The number of hydrogen-bond acceptors (Lipinski definition) is 1. The second kappa shape index (κ2) is 9.05. The maximum atomic E-state index is 3.53. The molecule has 1 heteroatoms. The average Bonchev–Trinajstić information content (AvgIpc) is 2.50. The molecule has 0 fully saturated rings. The number of unbranched alkanes of at least 4 members (excludes halogenated alkanes) is 7. The lowest BCUT2D eigenvalue weighted by Crippen LogP contribution is -2.11. The van der Waals surface area contributed by atoms with E-state index in [1.807, 2.05) is 0 Å². The molecule has 1 aromatic carbocycles. The van der Waals surface area contributed by atoms with Crippen LogP contribution in [0.15, 0.2) is 18.2 Å². The molecule has 0 unspecified atom stereocenters. The molecule has 2 rings (SSSR count). The van der Waals surface area contributed by atoms with Gasteiger partial charge >= 0.3 is 0 Å². The maximum absolute atomic E-state index is 3.53. The van der Waals surface area contributed by atoms with Crippen molar-refractivity contribution in [1.82, 2.24) is 0 Å². The lowest BCUT2D eigenvalue weighted by molar-refractivity contribution is 0.575. The van der Waals surface area contributed by atoms with Crippen molar-refractivity contribution in [1.29, 1.82) is 0 Å². The first-order chi connectivity index (χ1) is 9.90. The van der Waals surface area contributed by atoms with Crippen LogP contribution >= 0.6 is 0 Å². The minimum absolute atomic E-state index is 1.15. The number of aryl methyl sites for hydroxylation is 2. The molecule has 0 radical (unpaired) electrons. The Morgan fingerprint density at radius 2 is 1.70 bits per heavy atom. The minimum atomic E-state index is 1.15. The van der Waals surface area contributed by atoms with Gasteiger partial charge in [-0.3, -0.25) is 0 Å². The zero-order valence-electron chi connectivity index (χ0n) is 13.2. The van der Waals surface area contributed by atoms with Gasteiger partial charge in [0.05, 0.1) is 0 Å². The van der Waals surface area contributed by atoms with Crippen LogP contribution in [0.4, 0.5) is 5.69 Å². The second-order valence-electron chi connectivity index (χ2n) is 6.25. The van der Waals surface area contributed by atoms with Crippen LogP contribution in [-0.4, -0.2) is 6.54 Å². The number of anilines is 1. The van der Waals surface area contributed by atoms with E-state index in [0.29, 0.717) is 0 Å². The number of rotatable bonds is 9. The Morgan fingerprint density at radius 3 is 2.50 bits per heavy atom. The van der Waals surface area contributed by atoms with Gasteiger partial charge in [-0.05, 0) is 42.9 Å². The number of nitrogens with one attached hydrogen (secondary N) is 1. The average molecular weight is 273 g/mol. The quantitative estimate of drug-likeness (QED) is 0.567. The molecular formula is C19H31N. The fraction of sp³-hybridized carbons (Fsp3) is 0.684. The maximum Gasteiger partial charge on any atom is 0.0375 e. The molecule has 1 aliphatic rings. The topological polar surface area (TPSA) is 12.0 Å². The highest BCUT2D eigenvalue weighted by atomic mass is 14.9. The summed E-state index contributed by atoms with van der Waals surface area (Å²) in [6, 6.07) is 7.06. The van der Waals surface area contributed by atoms with Crippen molar-refractivity contribution in [2.75, 3.05) is 11.9 Å². The fourth-order valence-corrected chi connectivity index (χ4v) is 3.13. The van der Waals surface area contributed by atoms with Gasteiger partial charge in [0.2, 0.25) is 0 Å². The first kappa shape index (κ1) is 15.4. The Kier molecular flexibility index (Phi) is 6.97. The Balaban J connectivity index is 1.60. The molecule has 112 valence electrons. The largest absolute Gasteiger partial charge is 0.385 e. The summed E-state index contributed by atoms with van der Waals surface area (Å²) in [5.41, 5.74) is 4.42. The van der Waals surface area contributed by atoms with Crippen molar-refractivity contribution in [3.05, 3.63) is 29.3 Å². The van der Waals surface area contributed by atoms with Crippen LogP contribution in [-0.2, 0) is 12.8 Å². The summed E-state index contributed by atoms with van der Waals surface area (Å²) in [7, 11) is 0. The van der Waals surface area contributed by atoms with Gasteiger partial charge in [-0.2, -0.15) is 0 Å². The Bertz CT molecular complexity index is 383. The molecule has 0 atom stereocenters. The molecule has 0 aromatic heterocycles. The summed E-state index contributed by atoms with van der Waals surface area (Å²) in [5, 5.41) is 3.53. The van der Waals surface area contributed by atoms with E-state index < -0.39 is 0 Å². The smallest absolute Gasteiger partial charge is 0.0375 e. The van der Waals surface area contributed by atoms with Crippen LogP contribution < -0.4 is 5.32 Å². The van der Waals surface area contributed by atoms with Crippen LogP contribution in [0.1, 0.15) is 75.8 Å². The van der Waals surface area contributed by atoms with Gasteiger partial charge < -0.3 is 5.32 Å². The minimum Gasteiger partial charge on any atom is -0.385 e. The lowest BCUT2D eigenvalue weighted by atomic mass is 9.98. The van der Waals surface area contributed by atoms with Crippen molar-refractivity contribution < 1.29 is 0 Å². The van der Waals surface area contributed by atoms with Gasteiger partial charge in [-0.25, -0.2) is 0 Å². The van der Waals surface area contributed by atoms with Crippen LogP contribution in [0.5, 0.6) is 0 Å². The van der Waals surface area contributed by atoms with Crippen LogP contribution in [0.2, 0.25) is 0 Å². The van der Waals surface area contributed by atoms with Crippen LogP contribution in [0.3, 0.4) is 0 Å². The number of hydrogen-bond donors (Lipinski definition) is 1. The summed E-state index contributed by atoms with van der Waals surface area (Å²) in [4.78, 5) is 0. The van der Waals surface area contributed by atoms with Gasteiger partial charge in [0, 0.05) is 12.2 Å². The standard InChI is InChI=1S/C19H31N/c1-2-3-4-5-6-7-8-9-11-17-13-14-18-12-10-15-20-19(18)16-17/h13-14,16,20H,2-12,15H2,1H3. The first-order valence-electron chi connectivity index (χ1n) is 8.76. The predicted molar refractivity (Wildman–Crippen MR) is 89.6 cm³/mol. The summed E-state index contributed by atoms with van der Waals surface area (Å²) < 4.78 is 0. The van der Waals surface area contributed by atoms with E-state index in [-0.39, 0.29) is 0 Å². The highest BCUT2D eigenvalue weighted by Gasteiger charge is 2.08. The SMILES string of the molecule is CCCCCCCCCCc1ccc2c(c1)NCCC2. The van der Waals surface area contributed by atoms with Crippen molar-refractivity contribution in [2.24, 2.45) is 0 Å². The van der Waals surface area contributed by atoms with Gasteiger partial charge in [0.1, 0.15) is 0 Å². The number of benzene rings is 1. The van der Waals surface area contributed by atoms with E-state index in [1.165, 1.54) is 87.4 Å². The van der Waals surface area contributed by atoms with Crippen molar-refractivity contribution in [2.45, 2.75) is 77.6 Å². The first-order valence-corrected chi connectivity index (χ1v) is 8.76. The fourth-order valence-electron chi connectivity index (χ4n) is 3.13. The zero-order chi connectivity index (χ0) is 14.0. The molecule has 0 bridgehead atoms. The molecular weight excluding hydrogens is 242 g/mol. The van der Waals surface area contributed by atoms with Crippen molar-refractivity contribution in [3.63, 3.8) is 0 Å². The molecule has 1 nitrogen and oxygen atoms in total. The number of fused-ring (bicyclic) bond motifs is 1. The highest BCUT2D eigenvalue weighted by molar-refractivity contribution is 5.54. The molecule has 20 heavy (non-hydrogen) atoms.